The summed E-state index contributed by atoms with van der Waals surface area (Å²) in [6, 6.07) is 8.26. The molecule has 0 spiro atoms. The third kappa shape index (κ3) is 4.07. The molecule has 0 saturated carbocycles. The summed E-state index contributed by atoms with van der Waals surface area (Å²) in [7, 11) is 3.00. The summed E-state index contributed by atoms with van der Waals surface area (Å²) >= 11 is 0. The second-order valence-corrected chi connectivity index (χ2v) is 4.71. The minimum Gasteiger partial charge on any atom is -0.495 e. The van der Waals surface area contributed by atoms with Crippen LogP contribution in [0.1, 0.15) is 5.69 Å². The van der Waals surface area contributed by atoms with Crippen LogP contribution < -0.4 is 21.3 Å². The Morgan fingerprint density at radius 1 is 1.35 bits per heavy atom. The molecule has 0 aliphatic rings. The van der Waals surface area contributed by atoms with Crippen LogP contribution in [0.4, 0.5) is 11.6 Å². The van der Waals surface area contributed by atoms with Gasteiger partial charge in [-0.05, 0) is 12.1 Å². The van der Waals surface area contributed by atoms with Gasteiger partial charge < -0.3 is 20.5 Å². The fourth-order valence-electron chi connectivity index (χ4n) is 2.04. The predicted octanol–water partition coefficient (Wildman–Crippen LogP) is 0.619. The fourth-order valence-corrected chi connectivity index (χ4v) is 2.04. The van der Waals surface area contributed by atoms with Gasteiger partial charge in [0.1, 0.15) is 12.3 Å². The van der Waals surface area contributed by atoms with E-state index in [-0.39, 0.29) is 19.1 Å². The molecule has 8 nitrogen and oxygen atoms in total. The number of nitrogens with two attached hydrogens (primary N) is 1. The maximum atomic E-state index is 12.1. The average molecular weight is 318 g/mol. The zero-order chi connectivity index (χ0) is 16.8. The van der Waals surface area contributed by atoms with E-state index in [2.05, 4.69) is 10.3 Å². The van der Waals surface area contributed by atoms with Gasteiger partial charge in [0.15, 0.2) is 0 Å². The van der Waals surface area contributed by atoms with Crippen LogP contribution in [0.15, 0.2) is 35.1 Å². The van der Waals surface area contributed by atoms with Crippen LogP contribution in [0.2, 0.25) is 0 Å². The summed E-state index contributed by atoms with van der Waals surface area (Å²) in [6.45, 7) is -0.0728. The Kier molecular flexibility index (Phi) is 5.32. The molecule has 0 unspecified atom stereocenters. The number of carbonyl (C=O) groups is 1. The van der Waals surface area contributed by atoms with E-state index in [1.54, 1.807) is 24.3 Å². The van der Waals surface area contributed by atoms with Crippen molar-refractivity contribution in [3.63, 3.8) is 0 Å². The monoisotopic (exact) mass is 318 g/mol. The number of nitrogen functional groups attached to an aromatic ring is 1. The van der Waals surface area contributed by atoms with Crippen molar-refractivity contribution in [2.75, 3.05) is 25.3 Å². The van der Waals surface area contributed by atoms with E-state index in [0.717, 1.165) is 4.57 Å². The molecular weight excluding hydrogens is 300 g/mol. The van der Waals surface area contributed by atoms with Gasteiger partial charge in [0, 0.05) is 13.2 Å². The van der Waals surface area contributed by atoms with Crippen LogP contribution in [0.5, 0.6) is 5.75 Å². The SMILES string of the molecule is COCc1cc(=O)n(CC(=O)Nc2ccccc2OC)c(N)n1. The second kappa shape index (κ2) is 7.41. The molecule has 8 heteroatoms. The zero-order valence-corrected chi connectivity index (χ0v) is 12.9. The fraction of sp³-hybridized carbons (Fsp3) is 0.267. The van der Waals surface area contributed by atoms with Crippen molar-refractivity contribution in [1.82, 2.24) is 9.55 Å². The smallest absolute Gasteiger partial charge is 0.255 e. The van der Waals surface area contributed by atoms with Gasteiger partial charge in [-0.1, -0.05) is 12.1 Å². The average Bonchev–Trinajstić information content (AvgIpc) is 2.52. The highest BCUT2D eigenvalue weighted by atomic mass is 16.5. The highest BCUT2D eigenvalue weighted by Crippen LogP contribution is 2.22. The molecule has 0 saturated heterocycles. The van der Waals surface area contributed by atoms with E-state index in [0.29, 0.717) is 17.1 Å². The van der Waals surface area contributed by atoms with Gasteiger partial charge in [0.2, 0.25) is 11.9 Å². The third-order valence-electron chi connectivity index (χ3n) is 3.07. The van der Waals surface area contributed by atoms with Gasteiger partial charge >= 0.3 is 0 Å². The Labute approximate surface area is 132 Å². The first-order valence-corrected chi connectivity index (χ1v) is 6.83. The summed E-state index contributed by atoms with van der Waals surface area (Å²) < 4.78 is 11.1. The quantitative estimate of drug-likeness (QED) is 0.808. The minimum absolute atomic E-state index is 0.0419. The molecular formula is C15H18N4O4. The number of methoxy groups -OCH3 is 2. The number of ether oxygens (including phenoxy) is 2. The summed E-state index contributed by atoms with van der Waals surface area (Å²) in [6.07, 6.45) is 0. The van der Waals surface area contributed by atoms with E-state index >= 15 is 0 Å². The molecule has 1 aromatic carbocycles. The lowest BCUT2D eigenvalue weighted by Gasteiger charge is -2.12. The molecule has 0 radical (unpaired) electrons. The van der Waals surface area contributed by atoms with E-state index < -0.39 is 11.5 Å². The van der Waals surface area contributed by atoms with Crippen LogP contribution >= 0.6 is 0 Å². The number of nitrogens with one attached hydrogen (secondary N) is 1. The van der Waals surface area contributed by atoms with E-state index in [1.165, 1.54) is 20.3 Å². The van der Waals surface area contributed by atoms with E-state index in [4.69, 9.17) is 15.2 Å². The van der Waals surface area contributed by atoms with Crippen molar-refractivity contribution in [3.05, 3.63) is 46.4 Å². The second-order valence-electron chi connectivity index (χ2n) is 4.71. The number of hydrogen-bond donors (Lipinski definition) is 2. The Morgan fingerprint density at radius 3 is 2.74 bits per heavy atom. The maximum absolute atomic E-state index is 12.1. The number of hydrogen-bond acceptors (Lipinski definition) is 6. The lowest BCUT2D eigenvalue weighted by atomic mass is 10.3. The summed E-state index contributed by atoms with van der Waals surface area (Å²) in [5, 5.41) is 2.67. The van der Waals surface area contributed by atoms with Crippen LogP contribution in [-0.2, 0) is 22.7 Å². The lowest BCUT2D eigenvalue weighted by Crippen LogP contribution is -2.30. The van der Waals surface area contributed by atoms with Gasteiger partial charge in [0.05, 0.1) is 25.1 Å². The highest BCUT2D eigenvalue weighted by molar-refractivity contribution is 5.92. The van der Waals surface area contributed by atoms with Crippen LogP contribution in [0.25, 0.3) is 0 Å². The summed E-state index contributed by atoms with van der Waals surface area (Å²) in [4.78, 5) is 28.2. The topological polar surface area (TPSA) is 108 Å². The first kappa shape index (κ1) is 16.5. The highest BCUT2D eigenvalue weighted by Gasteiger charge is 2.12. The van der Waals surface area contributed by atoms with Gasteiger partial charge in [-0.3, -0.25) is 14.2 Å². The van der Waals surface area contributed by atoms with Crippen molar-refractivity contribution in [2.45, 2.75) is 13.2 Å². The standard InChI is InChI=1S/C15H18N4O4/c1-22-9-10-7-14(21)19(15(16)17-10)8-13(20)18-11-5-3-4-6-12(11)23-2/h3-7H,8-9H2,1-2H3,(H2,16,17)(H,18,20). The first-order chi connectivity index (χ1) is 11.0. The van der Waals surface area contributed by atoms with Crippen molar-refractivity contribution < 1.29 is 14.3 Å². The van der Waals surface area contributed by atoms with E-state index in [1.807, 2.05) is 0 Å². The Morgan fingerprint density at radius 2 is 2.09 bits per heavy atom. The van der Waals surface area contributed by atoms with E-state index in [9.17, 15) is 9.59 Å². The number of aromatic nitrogens is 2. The first-order valence-electron chi connectivity index (χ1n) is 6.83. The van der Waals surface area contributed by atoms with Gasteiger partial charge in [0.25, 0.3) is 5.56 Å². The number of carbonyl (C=O) groups excluding carboxylic acids is 1. The number of amides is 1. The minimum atomic E-state index is -0.417. The Bertz CT molecular complexity index is 757. The van der Waals surface area contributed by atoms with Crippen LogP contribution in [0, 0.1) is 0 Å². The number of para-hydroxylation sites is 2. The molecule has 2 rings (SSSR count). The molecule has 0 fully saturated rings. The largest absolute Gasteiger partial charge is 0.495 e. The molecule has 1 aromatic heterocycles. The molecule has 1 heterocycles. The van der Waals surface area contributed by atoms with Gasteiger partial charge in [-0.25, -0.2) is 4.98 Å². The van der Waals surface area contributed by atoms with Crippen LogP contribution in [0.3, 0.4) is 0 Å². The molecule has 2 aromatic rings. The molecule has 0 bridgehead atoms. The third-order valence-corrected chi connectivity index (χ3v) is 3.07. The molecule has 0 aliphatic carbocycles. The molecule has 0 aliphatic heterocycles. The molecule has 1 amide bonds. The number of benzene rings is 1. The molecule has 23 heavy (non-hydrogen) atoms. The molecule has 0 atom stereocenters. The summed E-state index contributed by atoms with van der Waals surface area (Å²) in [5.41, 5.74) is 6.25. The van der Waals surface area contributed by atoms with Crippen molar-refractivity contribution in [3.8, 4) is 5.75 Å². The lowest BCUT2D eigenvalue weighted by molar-refractivity contribution is -0.116. The van der Waals surface area contributed by atoms with Crippen LogP contribution in [-0.4, -0.2) is 29.7 Å². The number of anilines is 2. The molecule has 122 valence electrons. The molecule has 3 N–H and O–H groups in total. The predicted molar refractivity (Wildman–Crippen MR) is 85.2 cm³/mol. The maximum Gasteiger partial charge on any atom is 0.255 e. The van der Waals surface area contributed by atoms with Gasteiger partial charge in [-0.2, -0.15) is 0 Å². The summed E-state index contributed by atoms with van der Waals surface area (Å²) in [5.74, 6) is 0.0686. The zero-order valence-electron chi connectivity index (χ0n) is 12.9. The van der Waals surface area contributed by atoms with Crippen molar-refractivity contribution in [1.29, 1.82) is 0 Å². The Balaban J connectivity index is 2.16. The normalized spacial score (nSPS) is 10.3. The number of nitrogens with zero attached hydrogens (tertiary/aromatic N) is 2. The van der Waals surface area contributed by atoms with Gasteiger partial charge in [-0.15, -0.1) is 0 Å². The Hall–Kier alpha value is -2.87. The van der Waals surface area contributed by atoms with Crippen molar-refractivity contribution >= 4 is 17.5 Å². The number of rotatable bonds is 6. The van der Waals surface area contributed by atoms with Crippen molar-refractivity contribution in [2.24, 2.45) is 0 Å².